The number of nitrogens with zero attached hydrogens (tertiary/aromatic N) is 2. The van der Waals surface area contributed by atoms with Gasteiger partial charge in [-0.25, -0.2) is 14.7 Å². The largest absolute Gasteiger partial charge is 0.465 e. The molecule has 2 aromatic heterocycles. The highest BCUT2D eigenvalue weighted by Gasteiger charge is 2.22. The third-order valence-corrected chi connectivity index (χ3v) is 5.09. The standard InChI is InChI=1S/C22H20BrF2N5O5/c23-14-4-5-17(16(24)9-14)28-19-15(20(31)29-35-8-2-7-27-22(33)34)12-30(21(32)18(19)25)11-13-3-1-6-26-10-13/h1,3-6,9-10,12,27-28H,2,7-8,11H2,(H,29,31)(H,33,34). The second-order valence-corrected chi connectivity index (χ2v) is 8.06. The molecule has 0 saturated heterocycles. The topological polar surface area (TPSA) is 135 Å². The zero-order chi connectivity index (χ0) is 25.4. The summed E-state index contributed by atoms with van der Waals surface area (Å²) in [5.74, 6) is -2.95. The van der Waals surface area contributed by atoms with Crippen molar-refractivity contribution in [3.8, 4) is 0 Å². The predicted molar refractivity (Wildman–Crippen MR) is 125 cm³/mol. The molecule has 13 heteroatoms. The van der Waals surface area contributed by atoms with Crippen LogP contribution in [0.3, 0.4) is 0 Å². The molecule has 0 unspecified atom stereocenters. The smallest absolute Gasteiger partial charge is 0.404 e. The van der Waals surface area contributed by atoms with Crippen LogP contribution >= 0.6 is 15.9 Å². The molecule has 0 fully saturated rings. The lowest BCUT2D eigenvalue weighted by Gasteiger charge is -2.16. The number of amides is 2. The number of nitrogens with one attached hydrogen (secondary N) is 3. The molecule has 35 heavy (non-hydrogen) atoms. The monoisotopic (exact) mass is 551 g/mol. The minimum atomic E-state index is -1.30. The van der Waals surface area contributed by atoms with Gasteiger partial charge in [0.05, 0.1) is 30.1 Å². The second kappa shape index (κ2) is 12.0. The van der Waals surface area contributed by atoms with Crippen LogP contribution in [0, 0.1) is 11.6 Å². The average molecular weight is 552 g/mol. The van der Waals surface area contributed by atoms with Gasteiger partial charge in [-0.3, -0.25) is 19.4 Å². The maximum Gasteiger partial charge on any atom is 0.404 e. The number of pyridine rings is 2. The first kappa shape index (κ1) is 25.8. The van der Waals surface area contributed by atoms with Crippen LogP contribution in [0.4, 0.5) is 25.0 Å². The number of hydroxylamine groups is 1. The van der Waals surface area contributed by atoms with Crippen molar-refractivity contribution in [2.24, 2.45) is 0 Å². The van der Waals surface area contributed by atoms with Gasteiger partial charge in [0.2, 0.25) is 5.82 Å². The van der Waals surface area contributed by atoms with Gasteiger partial charge in [0.1, 0.15) is 5.82 Å². The molecule has 2 heterocycles. The summed E-state index contributed by atoms with van der Waals surface area (Å²) >= 11 is 3.12. The average Bonchev–Trinajstić information content (AvgIpc) is 2.82. The SMILES string of the molecule is O=C(O)NCCCONC(=O)c1cn(Cc2cccnc2)c(=O)c(F)c1Nc1ccc(Br)cc1F. The van der Waals surface area contributed by atoms with Crippen LogP contribution < -0.4 is 21.7 Å². The number of halogens is 3. The van der Waals surface area contributed by atoms with Crippen molar-refractivity contribution in [2.75, 3.05) is 18.5 Å². The van der Waals surface area contributed by atoms with E-state index in [9.17, 15) is 18.8 Å². The molecule has 184 valence electrons. The minimum Gasteiger partial charge on any atom is -0.465 e. The quantitative estimate of drug-likeness (QED) is 0.224. The highest BCUT2D eigenvalue weighted by molar-refractivity contribution is 9.10. The maximum absolute atomic E-state index is 15.2. The number of rotatable bonds is 10. The number of carboxylic acid groups (broad SMARTS) is 1. The van der Waals surface area contributed by atoms with Gasteiger partial charge in [0.15, 0.2) is 0 Å². The second-order valence-electron chi connectivity index (χ2n) is 7.14. The molecule has 0 aliphatic carbocycles. The molecule has 0 bridgehead atoms. The predicted octanol–water partition coefficient (Wildman–Crippen LogP) is 3.40. The molecule has 3 rings (SSSR count). The summed E-state index contributed by atoms with van der Waals surface area (Å²) in [6, 6.07) is 7.27. The first-order valence-electron chi connectivity index (χ1n) is 10.2. The van der Waals surface area contributed by atoms with Gasteiger partial charge in [-0.2, -0.15) is 4.39 Å². The lowest BCUT2D eigenvalue weighted by atomic mass is 10.1. The highest BCUT2D eigenvalue weighted by atomic mass is 79.9. The van der Waals surface area contributed by atoms with Crippen LogP contribution in [0.1, 0.15) is 22.3 Å². The van der Waals surface area contributed by atoms with Crippen LogP contribution in [0.5, 0.6) is 0 Å². The zero-order valence-electron chi connectivity index (χ0n) is 18.1. The van der Waals surface area contributed by atoms with Crippen molar-refractivity contribution in [3.63, 3.8) is 0 Å². The van der Waals surface area contributed by atoms with Gasteiger partial charge in [-0.15, -0.1) is 0 Å². The summed E-state index contributed by atoms with van der Waals surface area (Å²) < 4.78 is 31.0. The Morgan fingerprint density at radius 2 is 2.03 bits per heavy atom. The van der Waals surface area contributed by atoms with Crippen LogP contribution in [-0.4, -0.2) is 39.8 Å². The van der Waals surface area contributed by atoms with Crippen LogP contribution in [0.15, 0.2) is 58.2 Å². The summed E-state index contributed by atoms with van der Waals surface area (Å²) in [6.07, 6.45) is 3.20. The van der Waals surface area contributed by atoms with E-state index in [1.807, 2.05) is 0 Å². The van der Waals surface area contributed by atoms with E-state index in [2.05, 4.69) is 37.0 Å². The summed E-state index contributed by atoms with van der Waals surface area (Å²) in [5.41, 5.74) is 0.656. The lowest BCUT2D eigenvalue weighted by Crippen LogP contribution is -2.31. The molecule has 4 N–H and O–H groups in total. The van der Waals surface area contributed by atoms with Crippen molar-refractivity contribution in [1.29, 1.82) is 0 Å². The lowest BCUT2D eigenvalue weighted by molar-refractivity contribution is 0.0304. The van der Waals surface area contributed by atoms with Crippen molar-refractivity contribution in [2.45, 2.75) is 13.0 Å². The van der Waals surface area contributed by atoms with Crippen molar-refractivity contribution < 1.29 is 28.3 Å². The number of benzene rings is 1. The Labute approximate surface area is 206 Å². The molecular formula is C22H20BrF2N5O5. The number of anilines is 2. The van der Waals surface area contributed by atoms with Gasteiger partial charge >= 0.3 is 6.09 Å². The van der Waals surface area contributed by atoms with Crippen LogP contribution in [0.2, 0.25) is 0 Å². The Bertz CT molecular complexity index is 1270. The fraction of sp³-hybridized carbons (Fsp3) is 0.182. The number of hydrogen-bond acceptors (Lipinski definition) is 6. The molecule has 0 aliphatic rings. The molecule has 1 aromatic carbocycles. The molecule has 0 saturated carbocycles. The van der Waals surface area contributed by atoms with E-state index < -0.39 is 34.9 Å². The van der Waals surface area contributed by atoms with Gasteiger partial charge in [0, 0.05) is 29.6 Å². The molecule has 2 amide bonds. The Balaban J connectivity index is 1.90. The third-order valence-electron chi connectivity index (χ3n) is 4.60. The van der Waals surface area contributed by atoms with E-state index >= 15 is 4.39 Å². The van der Waals surface area contributed by atoms with Crippen molar-refractivity contribution >= 4 is 39.3 Å². The summed E-state index contributed by atoms with van der Waals surface area (Å²) in [5, 5.41) is 13.2. The van der Waals surface area contributed by atoms with E-state index in [1.54, 1.807) is 12.1 Å². The Hall–Kier alpha value is -3.84. The Kier molecular flexibility index (Phi) is 8.86. The fourth-order valence-electron chi connectivity index (χ4n) is 2.97. The van der Waals surface area contributed by atoms with E-state index in [1.165, 1.54) is 24.5 Å². The van der Waals surface area contributed by atoms with Crippen LogP contribution in [0.25, 0.3) is 0 Å². The van der Waals surface area contributed by atoms with Crippen molar-refractivity contribution in [3.05, 3.63) is 86.5 Å². The van der Waals surface area contributed by atoms with E-state index in [0.717, 1.165) is 16.8 Å². The normalized spacial score (nSPS) is 10.6. The summed E-state index contributed by atoms with van der Waals surface area (Å²) in [4.78, 5) is 45.0. The fourth-order valence-corrected chi connectivity index (χ4v) is 3.30. The van der Waals surface area contributed by atoms with Gasteiger partial charge in [0.25, 0.3) is 11.5 Å². The number of carbonyl (C=O) groups is 2. The Morgan fingerprint density at radius 1 is 1.23 bits per heavy atom. The van der Waals surface area contributed by atoms with Gasteiger partial charge in [-0.1, -0.05) is 22.0 Å². The van der Waals surface area contributed by atoms with E-state index in [-0.39, 0.29) is 37.4 Å². The third kappa shape index (κ3) is 7.07. The summed E-state index contributed by atoms with van der Waals surface area (Å²) in [6.45, 7) is -0.0298. The first-order valence-corrected chi connectivity index (χ1v) is 11.0. The van der Waals surface area contributed by atoms with Crippen molar-refractivity contribution in [1.82, 2.24) is 20.3 Å². The van der Waals surface area contributed by atoms with E-state index in [0.29, 0.717) is 10.0 Å². The molecule has 0 radical (unpaired) electrons. The minimum absolute atomic E-state index is 0.0477. The molecule has 0 spiro atoms. The van der Waals surface area contributed by atoms with Gasteiger partial charge < -0.3 is 20.3 Å². The molecule has 0 aliphatic heterocycles. The first-order chi connectivity index (χ1) is 16.8. The molecular weight excluding hydrogens is 532 g/mol. The highest BCUT2D eigenvalue weighted by Crippen LogP contribution is 2.26. The van der Waals surface area contributed by atoms with Gasteiger partial charge in [-0.05, 0) is 36.2 Å². The van der Waals surface area contributed by atoms with Crippen LogP contribution in [-0.2, 0) is 11.4 Å². The summed E-state index contributed by atoms with van der Waals surface area (Å²) in [7, 11) is 0. The zero-order valence-corrected chi connectivity index (χ0v) is 19.6. The number of carbonyl (C=O) groups excluding carboxylic acids is 1. The maximum atomic E-state index is 15.2. The number of aromatic nitrogens is 2. The molecule has 10 nitrogen and oxygen atoms in total. The number of hydrogen-bond donors (Lipinski definition) is 4. The Morgan fingerprint density at radius 3 is 2.71 bits per heavy atom. The molecule has 3 aromatic rings. The van der Waals surface area contributed by atoms with E-state index in [4.69, 9.17) is 9.94 Å². The molecule has 0 atom stereocenters.